The monoisotopic (exact) mass is 311 g/mol. The molecule has 0 aliphatic heterocycles. The number of halogens is 3. The smallest absolute Gasteiger partial charge is 0.345 e. The first kappa shape index (κ1) is 16.1. The Labute approximate surface area is 125 Å². The zero-order chi connectivity index (χ0) is 16.3. The summed E-state index contributed by atoms with van der Waals surface area (Å²) in [5.74, 6) is -0.449. The van der Waals surface area contributed by atoms with Crippen molar-refractivity contribution in [3.63, 3.8) is 0 Å². The Morgan fingerprint density at radius 1 is 1.36 bits per heavy atom. The molecule has 1 amide bonds. The van der Waals surface area contributed by atoms with Gasteiger partial charge in [-0.1, -0.05) is 25.1 Å². The molecule has 0 radical (unpaired) electrons. The molecular weight excluding hydrogens is 295 g/mol. The second-order valence-corrected chi connectivity index (χ2v) is 4.90. The van der Waals surface area contributed by atoms with E-state index in [1.807, 2.05) is 6.92 Å². The molecule has 0 aliphatic carbocycles. The van der Waals surface area contributed by atoms with E-state index in [4.69, 9.17) is 0 Å². The second-order valence-electron chi connectivity index (χ2n) is 4.90. The van der Waals surface area contributed by atoms with Crippen LogP contribution < -0.4 is 5.32 Å². The largest absolute Gasteiger partial charge is 0.416 e. The van der Waals surface area contributed by atoms with Crippen LogP contribution in [0.25, 0.3) is 0 Å². The van der Waals surface area contributed by atoms with Crippen molar-refractivity contribution < 1.29 is 18.0 Å². The summed E-state index contributed by atoms with van der Waals surface area (Å²) in [6.07, 6.45) is -2.51. The number of hydrogen-bond acceptors (Lipinski definition) is 2. The Hall–Kier alpha value is -2.31. The molecule has 0 saturated heterocycles. The van der Waals surface area contributed by atoms with Crippen molar-refractivity contribution in [2.24, 2.45) is 0 Å². The van der Waals surface area contributed by atoms with Gasteiger partial charge in [0.2, 0.25) is 0 Å². The zero-order valence-electron chi connectivity index (χ0n) is 12.2. The maximum Gasteiger partial charge on any atom is 0.416 e. The lowest BCUT2D eigenvalue weighted by molar-refractivity contribution is -0.138. The molecule has 4 nitrogen and oxygen atoms in total. The van der Waals surface area contributed by atoms with E-state index >= 15 is 0 Å². The minimum absolute atomic E-state index is 0.0323. The molecule has 1 aromatic carbocycles. The fourth-order valence-electron chi connectivity index (χ4n) is 2.26. The number of aryl methyl sites for hydroxylation is 1. The van der Waals surface area contributed by atoms with Crippen LogP contribution in [0, 0.1) is 0 Å². The zero-order valence-corrected chi connectivity index (χ0v) is 12.2. The third kappa shape index (κ3) is 3.29. The van der Waals surface area contributed by atoms with Crippen molar-refractivity contribution in [2.45, 2.75) is 32.5 Å². The maximum absolute atomic E-state index is 13.0. The van der Waals surface area contributed by atoms with Crippen molar-refractivity contribution in [3.8, 4) is 0 Å². The number of nitrogens with one attached hydrogen (secondary N) is 2. The van der Waals surface area contributed by atoms with Gasteiger partial charge in [0.1, 0.15) is 0 Å². The van der Waals surface area contributed by atoms with E-state index in [1.54, 1.807) is 0 Å². The highest BCUT2D eigenvalue weighted by atomic mass is 19.4. The lowest BCUT2D eigenvalue weighted by Gasteiger charge is -2.19. The van der Waals surface area contributed by atoms with E-state index < -0.39 is 23.7 Å². The van der Waals surface area contributed by atoms with Crippen LogP contribution in [0.5, 0.6) is 0 Å². The molecule has 7 heteroatoms. The second kappa shape index (κ2) is 6.21. The minimum Gasteiger partial charge on any atom is -0.345 e. The fourth-order valence-corrected chi connectivity index (χ4v) is 2.26. The summed E-state index contributed by atoms with van der Waals surface area (Å²) in [7, 11) is 0. The van der Waals surface area contributed by atoms with Crippen molar-refractivity contribution in [3.05, 3.63) is 52.8 Å². The molecular formula is C15H16F3N3O. The molecule has 0 spiro atoms. The van der Waals surface area contributed by atoms with Crippen LogP contribution in [0.15, 0.2) is 30.5 Å². The van der Waals surface area contributed by atoms with Crippen molar-refractivity contribution >= 4 is 5.91 Å². The van der Waals surface area contributed by atoms with Crippen LogP contribution in [0.4, 0.5) is 13.2 Å². The number of aromatic amines is 1. The quantitative estimate of drug-likeness (QED) is 0.908. The number of rotatable bonds is 4. The standard InChI is InChI=1S/C15H16F3N3O/c1-3-13-11(8-19-21-13)14(22)20-9(2)10-6-4-5-7-12(10)15(16,17)18/h4-9H,3H2,1-2H3,(H,19,21)(H,20,22)/t9-/m1/s1. The molecule has 2 aromatic rings. The first-order valence-electron chi connectivity index (χ1n) is 6.83. The van der Waals surface area contributed by atoms with E-state index in [0.29, 0.717) is 17.7 Å². The third-order valence-corrected chi connectivity index (χ3v) is 3.40. The van der Waals surface area contributed by atoms with Gasteiger partial charge in [-0.3, -0.25) is 9.89 Å². The molecule has 0 bridgehead atoms. The van der Waals surface area contributed by atoms with Gasteiger partial charge in [-0.2, -0.15) is 18.3 Å². The number of hydrogen-bond donors (Lipinski definition) is 2. The van der Waals surface area contributed by atoms with Gasteiger partial charge in [0, 0.05) is 5.69 Å². The van der Waals surface area contributed by atoms with Crippen LogP contribution in [0.1, 0.15) is 47.1 Å². The van der Waals surface area contributed by atoms with E-state index in [-0.39, 0.29) is 5.56 Å². The number of H-pyrrole nitrogens is 1. The van der Waals surface area contributed by atoms with Crippen molar-refractivity contribution in [1.82, 2.24) is 15.5 Å². The van der Waals surface area contributed by atoms with Gasteiger partial charge in [0.15, 0.2) is 0 Å². The average Bonchev–Trinajstić information content (AvgIpc) is 2.94. The molecule has 22 heavy (non-hydrogen) atoms. The Morgan fingerprint density at radius 2 is 2.05 bits per heavy atom. The first-order valence-corrected chi connectivity index (χ1v) is 6.83. The summed E-state index contributed by atoms with van der Waals surface area (Å²) >= 11 is 0. The highest BCUT2D eigenvalue weighted by molar-refractivity contribution is 5.95. The number of carbonyl (C=O) groups is 1. The Morgan fingerprint density at radius 3 is 2.68 bits per heavy atom. The molecule has 118 valence electrons. The van der Waals surface area contributed by atoms with Gasteiger partial charge in [0.25, 0.3) is 5.91 Å². The lowest BCUT2D eigenvalue weighted by Crippen LogP contribution is -2.28. The highest BCUT2D eigenvalue weighted by Crippen LogP contribution is 2.34. The van der Waals surface area contributed by atoms with Crippen LogP contribution in [-0.4, -0.2) is 16.1 Å². The predicted octanol–water partition coefficient (Wildman–Crippen LogP) is 3.48. The molecule has 0 unspecified atom stereocenters. The van der Waals surface area contributed by atoms with E-state index in [0.717, 1.165) is 6.07 Å². The molecule has 0 fully saturated rings. The van der Waals surface area contributed by atoms with Crippen LogP contribution in [-0.2, 0) is 12.6 Å². The molecule has 0 saturated carbocycles. The first-order chi connectivity index (χ1) is 10.3. The fraction of sp³-hybridized carbons (Fsp3) is 0.333. The Bertz CT molecular complexity index is 664. The summed E-state index contributed by atoms with van der Waals surface area (Å²) in [5.41, 5.74) is 0.281. The molecule has 1 aromatic heterocycles. The third-order valence-electron chi connectivity index (χ3n) is 3.40. The van der Waals surface area contributed by atoms with Crippen molar-refractivity contribution in [2.75, 3.05) is 0 Å². The summed E-state index contributed by atoms with van der Waals surface area (Å²) in [6.45, 7) is 3.38. The van der Waals surface area contributed by atoms with E-state index in [9.17, 15) is 18.0 Å². The average molecular weight is 311 g/mol. The normalized spacial score (nSPS) is 13.0. The Kier molecular flexibility index (Phi) is 4.54. The SMILES string of the molecule is CCc1[nH]ncc1C(=O)N[C@H](C)c1ccccc1C(F)(F)F. The van der Waals surface area contributed by atoms with Crippen LogP contribution in [0.2, 0.25) is 0 Å². The molecule has 2 N–H and O–H groups in total. The number of nitrogens with zero attached hydrogens (tertiary/aromatic N) is 1. The number of aromatic nitrogens is 2. The number of benzene rings is 1. The van der Waals surface area contributed by atoms with Crippen molar-refractivity contribution in [1.29, 1.82) is 0 Å². The van der Waals surface area contributed by atoms with Gasteiger partial charge in [-0.15, -0.1) is 0 Å². The molecule has 2 rings (SSSR count). The highest BCUT2D eigenvalue weighted by Gasteiger charge is 2.34. The predicted molar refractivity (Wildman–Crippen MR) is 75.3 cm³/mol. The topological polar surface area (TPSA) is 57.8 Å². The van der Waals surface area contributed by atoms with E-state index in [2.05, 4.69) is 15.5 Å². The number of amides is 1. The maximum atomic E-state index is 13.0. The summed E-state index contributed by atoms with van der Waals surface area (Å²) in [6, 6.07) is 4.44. The molecule has 0 aliphatic rings. The van der Waals surface area contributed by atoms with Gasteiger partial charge in [-0.05, 0) is 25.0 Å². The van der Waals surface area contributed by atoms with Gasteiger partial charge < -0.3 is 5.32 Å². The lowest BCUT2D eigenvalue weighted by atomic mass is 10.0. The summed E-state index contributed by atoms with van der Waals surface area (Å²) in [5, 5.41) is 9.07. The van der Waals surface area contributed by atoms with Crippen LogP contribution >= 0.6 is 0 Å². The Balaban J connectivity index is 2.23. The number of alkyl halides is 3. The van der Waals surface area contributed by atoms with Gasteiger partial charge in [0.05, 0.1) is 23.4 Å². The summed E-state index contributed by atoms with van der Waals surface area (Å²) in [4.78, 5) is 12.2. The summed E-state index contributed by atoms with van der Waals surface area (Å²) < 4.78 is 39.0. The minimum atomic E-state index is -4.46. The molecule has 1 heterocycles. The number of carbonyl (C=O) groups excluding carboxylic acids is 1. The molecule has 1 atom stereocenters. The van der Waals surface area contributed by atoms with Crippen LogP contribution in [0.3, 0.4) is 0 Å². The van der Waals surface area contributed by atoms with Gasteiger partial charge in [-0.25, -0.2) is 0 Å². The van der Waals surface area contributed by atoms with Gasteiger partial charge >= 0.3 is 6.18 Å². The van der Waals surface area contributed by atoms with E-state index in [1.165, 1.54) is 31.3 Å².